The summed E-state index contributed by atoms with van der Waals surface area (Å²) in [6, 6.07) is 11.2. The van der Waals surface area contributed by atoms with Crippen LogP contribution in [0.4, 0.5) is 0 Å². The Balaban J connectivity index is 1.35. The van der Waals surface area contributed by atoms with Crippen LogP contribution in [0, 0.1) is 11.8 Å². The van der Waals surface area contributed by atoms with Crippen molar-refractivity contribution in [2.75, 3.05) is 32.8 Å². The van der Waals surface area contributed by atoms with Crippen LogP contribution in [-0.4, -0.2) is 54.6 Å². The zero-order valence-electron chi connectivity index (χ0n) is 13.7. The number of ether oxygens (including phenoxy) is 1. The van der Waals surface area contributed by atoms with Crippen LogP contribution in [0.2, 0.25) is 0 Å². The van der Waals surface area contributed by atoms with E-state index in [1.54, 1.807) is 0 Å². The highest BCUT2D eigenvalue weighted by Crippen LogP contribution is 2.34. The van der Waals surface area contributed by atoms with Gasteiger partial charge in [-0.2, -0.15) is 0 Å². The Morgan fingerprint density at radius 2 is 1.87 bits per heavy atom. The molecule has 23 heavy (non-hydrogen) atoms. The monoisotopic (exact) mass is 314 g/mol. The zero-order chi connectivity index (χ0) is 15.6. The van der Waals surface area contributed by atoms with Gasteiger partial charge in [-0.15, -0.1) is 0 Å². The molecule has 0 saturated carbocycles. The number of benzene rings is 1. The van der Waals surface area contributed by atoms with Crippen LogP contribution in [0.25, 0.3) is 0 Å². The Morgan fingerprint density at radius 3 is 2.65 bits per heavy atom. The average molecular weight is 314 g/mol. The van der Waals surface area contributed by atoms with Gasteiger partial charge in [0.25, 0.3) is 0 Å². The molecule has 0 unspecified atom stereocenters. The molecule has 4 heteroatoms. The van der Waals surface area contributed by atoms with Crippen LogP contribution in [0.1, 0.15) is 24.8 Å². The van der Waals surface area contributed by atoms with Gasteiger partial charge in [-0.1, -0.05) is 30.3 Å². The first-order valence-corrected chi connectivity index (χ1v) is 8.96. The van der Waals surface area contributed by atoms with Crippen molar-refractivity contribution in [2.45, 2.75) is 31.8 Å². The van der Waals surface area contributed by atoms with Gasteiger partial charge in [0.1, 0.15) is 0 Å². The van der Waals surface area contributed by atoms with Gasteiger partial charge < -0.3 is 9.64 Å². The number of amides is 1. The van der Waals surface area contributed by atoms with Crippen molar-refractivity contribution in [3.63, 3.8) is 0 Å². The van der Waals surface area contributed by atoms with Gasteiger partial charge in [-0.05, 0) is 30.7 Å². The lowest BCUT2D eigenvalue weighted by Crippen LogP contribution is -2.64. The van der Waals surface area contributed by atoms with E-state index in [1.165, 1.54) is 18.5 Å². The smallest absolute Gasteiger partial charge is 0.225 e. The maximum atomic E-state index is 12.7. The number of rotatable bonds is 3. The van der Waals surface area contributed by atoms with Crippen molar-refractivity contribution in [3.05, 3.63) is 35.9 Å². The van der Waals surface area contributed by atoms with Gasteiger partial charge in [0.2, 0.25) is 5.91 Å². The molecule has 4 nitrogen and oxygen atoms in total. The summed E-state index contributed by atoms with van der Waals surface area (Å²) in [6.07, 6.45) is 2.97. The van der Waals surface area contributed by atoms with Crippen LogP contribution in [-0.2, 0) is 16.1 Å². The standard InChI is InChI=1S/C19H26N2O2/c22-19(16-7-10-23-11-8-16)20-9-6-17-13-21(18(17)14-20)12-15-4-2-1-3-5-15/h1-5,16-18H,6-14H2/t17-,18-/m1/s1. The Hall–Kier alpha value is -1.39. The van der Waals surface area contributed by atoms with E-state index in [0.717, 1.165) is 51.6 Å². The van der Waals surface area contributed by atoms with E-state index < -0.39 is 0 Å². The molecule has 3 fully saturated rings. The van der Waals surface area contributed by atoms with Crippen molar-refractivity contribution in [3.8, 4) is 0 Å². The molecular formula is C19H26N2O2. The van der Waals surface area contributed by atoms with Crippen LogP contribution in [0.5, 0.6) is 0 Å². The van der Waals surface area contributed by atoms with Crippen molar-refractivity contribution in [1.82, 2.24) is 9.80 Å². The van der Waals surface area contributed by atoms with Crippen molar-refractivity contribution < 1.29 is 9.53 Å². The fraction of sp³-hybridized carbons (Fsp3) is 0.632. The highest BCUT2D eigenvalue weighted by molar-refractivity contribution is 5.79. The largest absolute Gasteiger partial charge is 0.381 e. The molecule has 0 bridgehead atoms. The fourth-order valence-electron chi connectivity index (χ4n) is 4.31. The van der Waals surface area contributed by atoms with E-state index in [2.05, 4.69) is 40.1 Å². The first-order chi connectivity index (χ1) is 11.3. The van der Waals surface area contributed by atoms with E-state index in [4.69, 9.17) is 4.74 Å². The number of hydrogen-bond acceptors (Lipinski definition) is 3. The SMILES string of the molecule is O=C(C1CCOCC1)N1CC[C@@H]2CN(Cc3ccccc3)[C@@H]2C1. The van der Waals surface area contributed by atoms with Crippen LogP contribution in [0.15, 0.2) is 30.3 Å². The predicted octanol–water partition coefficient (Wildman–Crippen LogP) is 2.15. The Morgan fingerprint density at radius 1 is 1.09 bits per heavy atom. The van der Waals surface area contributed by atoms with Crippen LogP contribution < -0.4 is 0 Å². The number of fused-ring (bicyclic) bond motifs is 1. The summed E-state index contributed by atoms with van der Waals surface area (Å²) in [5.74, 6) is 1.36. The van der Waals surface area contributed by atoms with Crippen molar-refractivity contribution >= 4 is 5.91 Å². The molecule has 1 aromatic rings. The lowest BCUT2D eigenvalue weighted by Gasteiger charge is -2.54. The van der Waals surface area contributed by atoms with Gasteiger partial charge in [0, 0.05) is 51.4 Å². The Bertz CT molecular complexity index is 542. The van der Waals surface area contributed by atoms with Gasteiger partial charge in [-0.25, -0.2) is 0 Å². The van der Waals surface area contributed by atoms with E-state index in [0.29, 0.717) is 11.9 Å². The molecule has 0 spiro atoms. The highest BCUT2D eigenvalue weighted by atomic mass is 16.5. The molecule has 3 saturated heterocycles. The molecule has 1 amide bonds. The first-order valence-electron chi connectivity index (χ1n) is 8.96. The van der Waals surface area contributed by atoms with Gasteiger partial charge in [0.05, 0.1) is 0 Å². The number of carbonyl (C=O) groups excluding carboxylic acids is 1. The third-order valence-corrected chi connectivity index (χ3v) is 5.77. The molecule has 0 N–H and O–H groups in total. The number of likely N-dealkylation sites (tertiary alicyclic amines) is 2. The predicted molar refractivity (Wildman–Crippen MR) is 88.9 cm³/mol. The number of nitrogens with zero attached hydrogens (tertiary/aromatic N) is 2. The normalized spacial score (nSPS) is 29.0. The summed E-state index contributed by atoms with van der Waals surface area (Å²) < 4.78 is 5.39. The molecule has 3 aliphatic heterocycles. The van der Waals surface area contributed by atoms with E-state index >= 15 is 0 Å². The van der Waals surface area contributed by atoms with Gasteiger partial charge in [0.15, 0.2) is 0 Å². The topological polar surface area (TPSA) is 32.8 Å². The molecule has 2 atom stereocenters. The van der Waals surface area contributed by atoms with Gasteiger partial charge in [-0.3, -0.25) is 9.69 Å². The Labute approximate surface area is 138 Å². The van der Waals surface area contributed by atoms with Crippen molar-refractivity contribution in [1.29, 1.82) is 0 Å². The minimum Gasteiger partial charge on any atom is -0.381 e. The lowest BCUT2D eigenvalue weighted by molar-refractivity contribution is -0.145. The third kappa shape index (κ3) is 3.15. The first kappa shape index (κ1) is 15.2. The van der Waals surface area contributed by atoms with Crippen LogP contribution in [0.3, 0.4) is 0 Å². The summed E-state index contributed by atoms with van der Waals surface area (Å²) in [5.41, 5.74) is 1.37. The minimum atomic E-state index is 0.197. The second-order valence-corrected chi connectivity index (χ2v) is 7.20. The zero-order valence-corrected chi connectivity index (χ0v) is 13.7. The molecular weight excluding hydrogens is 288 g/mol. The van der Waals surface area contributed by atoms with Crippen LogP contribution >= 0.6 is 0 Å². The molecule has 3 heterocycles. The summed E-state index contributed by atoms with van der Waals surface area (Å²) in [5, 5.41) is 0. The molecule has 3 aliphatic rings. The minimum absolute atomic E-state index is 0.197. The van der Waals surface area contributed by atoms with Crippen molar-refractivity contribution in [2.24, 2.45) is 11.8 Å². The van der Waals surface area contributed by atoms with E-state index in [-0.39, 0.29) is 5.92 Å². The number of piperidine rings is 1. The second-order valence-electron chi connectivity index (χ2n) is 7.20. The quantitative estimate of drug-likeness (QED) is 0.857. The Kier molecular flexibility index (Phi) is 4.36. The fourth-order valence-corrected chi connectivity index (χ4v) is 4.31. The molecule has 0 radical (unpaired) electrons. The lowest BCUT2D eigenvalue weighted by atomic mass is 9.81. The number of hydrogen-bond donors (Lipinski definition) is 0. The highest BCUT2D eigenvalue weighted by Gasteiger charge is 2.44. The van der Waals surface area contributed by atoms with E-state index in [9.17, 15) is 4.79 Å². The summed E-state index contributed by atoms with van der Waals surface area (Å²) in [4.78, 5) is 17.4. The third-order valence-electron chi connectivity index (χ3n) is 5.77. The summed E-state index contributed by atoms with van der Waals surface area (Å²) >= 11 is 0. The molecule has 4 rings (SSSR count). The maximum Gasteiger partial charge on any atom is 0.225 e. The van der Waals surface area contributed by atoms with E-state index in [1.807, 2.05) is 0 Å². The average Bonchev–Trinajstić information content (AvgIpc) is 2.61. The summed E-state index contributed by atoms with van der Waals surface area (Å²) in [7, 11) is 0. The molecule has 0 aromatic heterocycles. The van der Waals surface area contributed by atoms with Gasteiger partial charge >= 0.3 is 0 Å². The molecule has 124 valence electrons. The molecule has 1 aromatic carbocycles. The number of carbonyl (C=O) groups is 1. The second kappa shape index (κ2) is 6.62. The molecule has 0 aliphatic carbocycles. The maximum absolute atomic E-state index is 12.7. The summed E-state index contributed by atoms with van der Waals surface area (Å²) in [6.45, 7) is 5.58.